The van der Waals surface area contributed by atoms with Crippen LogP contribution >= 0.6 is 0 Å². The molecule has 0 amide bonds. The van der Waals surface area contributed by atoms with Gasteiger partial charge in [0.15, 0.2) is 0 Å². The number of likely N-dealkylation sites (tertiary alicyclic amines) is 1. The van der Waals surface area contributed by atoms with Crippen molar-refractivity contribution in [3.05, 3.63) is 9.81 Å². The van der Waals surface area contributed by atoms with Crippen molar-refractivity contribution < 1.29 is 0 Å². The molecule has 0 aromatic carbocycles. The summed E-state index contributed by atoms with van der Waals surface area (Å²) in [4.78, 5) is 23.1. The van der Waals surface area contributed by atoms with E-state index in [1.165, 1.54) is 0 Å². The summed E-state index contributed by atoms with van der Waals surface area (Å²) in [5, 5.41) is 5.97. The van der Waals surface area contributed by atoms with Gasteiger partial charge in [-0.05, 0) is 52.9 Å². The topological polar surface area (TPSA) is 62.1 Å². The quantitative estimate of drug-likeness (QED) is 0.685. The molecular formula is C13H25N3O2. The Hall–Kier alpha value is -0.840. The summed E-state index contributed by atoms with van der Waals surface area (Å²) < 4.78 is 0. The second-order valence-electron chi connectivity index (χ2n) is 6.35. The molecular weight excluding hydrogens is 230 g/mol. The molecule has 1 heterocycles. The third-order valence-electron chi connectivity index (χ3n) is 4.51. The highest BCUT2D eigenvalue weighted by molar-refractivity contribution is 5.01. The van der Waals surface area contributed by atoms with Crippen molar-refractivity contribution in [3.8, 4) is 0 Å². The van der Waals surface area contributed by atoms with E-state index in [-0.39, 0.29) is 11.1 Å². The Morgan fingerprint density at radius 2 is 1.72 bits per heavy atom. The molecule has 0 N–H and O–H groups in total. The average molecular weight is 255 g/mol. The van der Waals surface area contributed by atoms with Crippen molar-refractivity contribution >= 4 is 0 Å². The zero-order chi connectivity index (χ0) is 13.8. The van der Waals surface area contributed by atoms with Crippen LogP contribution in [-0.2, 0) is 0 Å². The van der Waals surface area contributed by atoms with Crippen LogP contribution in [0, 0.1) is 15.7 Å². The second kappa shape index (κ2) is 5.87. The van der Waals surface area contributed by atoms with E-state index in [2.05, 4.69) is 42.9 Å². The van der Waals surface area contributed by atoms with Crippen LogP contribution in [0.25, 0.3) is 0 Å². The lowest BCUT2D eigenvalue weighted by Gasteiger charge is -2.56. The van der Waals surface area contributed by atoms with Crippen molar-refractivity contribution in [1.82, 2.24) is 4.90 Å². The minimum Gasteiger partial charge on any atom is -0.291 e. The van der Waals surface area contributed by atoms with Gasteiger partial charge in [-0.2, -0.15) is 9.81 Å². The highest BCUT2D eigenvalue weighted by Crippen LogP contribution is 2.43. The first-order valence-electron chi connectivity index (χ1n) is 6.72. The zero-order valence-electron chi connectivity index (χ0n) is 12.0. The van der Waals surface area contributed by atoms with Crippen LogP contribution in [-0.4, -0.2) is 35.6 Å². The van der Waals surface area contributed by atoms with Crippen LogP contribution in [0.15, 0.2) is 10.4 Å². The number of piperidine rings is 1. The van der Waals surface area contributed by atoms with E-state index in [9.17, 15) is 9.81 Å². The number of hydrogen-bond donors (Lipinski definition) is 0. The van der Waals surface area contributed by atoms with E-state index in [0.29, 0.717) is 25.6 Å². The van der Waals surface area contributed by atoms with Crippen molar-refractivity contribution in [2.45, 2.75) is 58.0 Å². The van der Waals surface area contributed by atoms with E-state index in [0.717, 1.165) is 19.3 Å². The molecule has 1 unspecified atom stereocenters. The minimum absolute atomic E-state index is 0.0167. The SMILES string of the molecule is CC1(C)CCC(CCN=O)C(C)(C)N1CCN=O. The maximum absolute atomic E-state index is 10.4. The summed E-state index contributed by atoms with van der Waals surface area (Å²) in [6.07, 6.45) is 3.02. The lowest BCUT2D eigenvalue weighted by molar-refractivity contribution is -0.0641. The molecule has 1 aliphatic heterocycles. The van der Waals surface area contributed by atoms with Crippen molar-refractivity contribution in [2.75, 3.05) is 19.6 Å². The Kier molecular flexibility index (Phi) is 4.96. The molecule has 0 bridgehead atoms. The molecule has 0 aliphatic carbocycles. The molecule has 5 heteroatoms. The first kappa shape index (κ1) is 15.2. The highest BCUT2D eigenvalue weighted by atomic mass is 16.3. The van der Waals surface area contributed by atoms with Crippen LogP contribution < -0.4 is 0 Å². The molecule has 18 heavy (non-hydrogen) atoms. The van der Waals surface area contributed by atoms with E-state index >= 15 is 0 Å². The predicted molar refractivity (Wildman–Crippen MR) is 73.5 cm³/mol. The van der Waals surface area contributed by atoms with Gasteiger partial charge >= 0.3 is 0 Å². The molecule has 1 fully saturated rings. The monoisotopic (exact) mass is 255 g/mol. The maximum Gasteiger partial charge on any atom is 0.0938 e. The Morgan fingerprint density at radius 1 is 1.11 bits per heavy atom. The Bertz CT molecular complexity index is 303. The first-order chi connectivity index (χ1) is 8.36. The van der Waals surface area contributed by atoms with Crippen molar-refractivity contribution in [1.29, 1.82) is 0 Å². The van der Waals surface area contributed by atoms with E-state index in [1.54, 1.807) is 0 Å². The summed E-state index contributed by atoms with van der Waals surface area (Å²) in [7, 11) is 0. The Labute approximate surface area is 109 Å². The van der Waals surface area contributed by atoms with Gasteiger partial charge < -0.3 is 0 Å². The summed E-state index contributed by atoms with van der Waals surface area (Å²) in [6, 6.07) is 0. The van der Waals surface area contributed by atoms with Gasteiger partial charge in [-0.15, -0.1) is 0 Å². The van der Waals surface area contributed by atoms with E-state index in [4.69, 9.17) is 0 Å². The van der Waals surface area contributed by atoms with Gasteiger partial charge in [0.1, 0.15) is 0 Å². The van der Waals surface area contributed by atoms with Gasteiger partial charge in [0.05, 0.1) is 13.1 Å². The van der Waals surface area contributed by atoms with Gasteiger partial charge in [-0.1, -0.05) is 10.4 Å². The van der Waals surface area contributed by atoms with E-state index < -0.39 is 0 Å². The van der Waals surface area contributed by atoms with Crippen LogP contribution in [0.4, 0.5) is 0 Å². The first-order valence-corrected chi connectivity index (χ1v) is 6.72. The lowest BCUT2D eigenvalue weighted by atomic mass is 9.71. The Balaban J connectivity index is 2.84. The normalized spacial score (nSPS) is 26.8. The molecule has 0 aromatic heterocycles. The summed E-state index contributed by atoms with van der Waals surface area (Å²) in [5.41, 5.74) is 0.0659. The number of nitrogens with zero attached hydrogens (tertiary/aromatic N) is 3. The standard InChI is InChI=1S/C13H25N3O2/c1-12(2)7-5-11(6-8-14-17)13(3,4)16(12)10-9-15-18/h11H,5-10H2,1-4H3. The van der Waals surface area contributed by atoms with Gasteiger partial charge in [-0.3, -0.25) is 4.90 Å². The zero-order valence-corrected chi connectivity index (χ0v) is 12.0. The van der Waals surface area contributed by atoms with E-state index in [1.807, 2.05) is 0 Å². The molecule has 5 nitrogen and oxygen atoms in total. The molecule has 0 saturated carbocycles. The Morgan fingerprint density at radius 3 is 2.28 bits per heavy atom. The highest BCUT2D eigenvalue weighted by Gasteiger charge is 2.46. The molecule has 1 rings (SSSR count). The third kappa shape index (κ3) is 3.13. The summed E-state index contributed by atoms with van der Waals surface area (Å²) >= 11 is 0. The number of nitroso groups, excluding NO2 is 2. The van der Waals surface area contributed by atoms with Crippen LogP contribution in [0.3, 0.4) is 0 Å². The fourth-order valence-corrected chi connectivity index (χ4v) is 3.45. The maximum atomic E-state index is 10.4. The summed E-state index contributed by atoms with van der Waals surface area (Å²) in [6.45, 7) is 10.2. The second-order valence-corrected chi connectivity index (χ2v) is 6.35. The smallest absolute Gasteiger partial charge is 0.0938 e. The predicted octanol–water partition coefficient (Wildman–Crippen LogP) is 3.18. The number of hydrogen-bond acceptors (Lipinski definition) is 5. The van der Waals surface area contributed by atoms with Crippen molar-refractivity contribution in [2.24, 2.45) is 16.3 Å². The fraction of sp³-hybridized carbons (Fsp3) is 1.00. The average Bonchev–Trinajstić information content (AvgIpc) is 2.27. The molecule has 0 radical (unpaired) electrons. The van der Waals surface area contributed by atoms with Crippen molar-refractivity contribution in [3.63, 3.8) is 0 Å². The van der Waals surface area contributed by atoms with Crippen LogP contribution in [0.1, 0.15) is 47.0 Å². The fourth-order valence-electron chi connectivity index (χ4n) is 3.45. The largest absolute Gasteiger partial charge is 0.291 e. The third-order valence-corrected chi connectivity index (χ3v) is 4.51. The van der Waals surface area contributed by atoms with Gasteiger partial charge in [0.25, 0.3) is 0 Å². The molecule has 1 aliphatic rings. The van der Waals surface area contributed by atoms with Crippen LogP contribution in [0.5, 0.6) is 0 Å². The molecule has 0 aromatic rings. The molecule has 0 spiro atoms. The molecule has 1 saturated heterocycles. The van der Waals surface area contributed by atoms with Gasteiger partial charge in [0, 0.05) is 17.6 Å². The van der Waals surface area contributed by atoms with Crippen LogP contribution in [0.2, 0.25) is 0 Å². The number of rotatable bonds is 6. The molecule has 1 atom stereocenters. The lowest BCUT2D eigenvalue weighted by Crippen LogP contribution is -2.63. The van der Waals surface area contributed by atoms with Gasteiger partial charge in [0.2, 0.25) is 0 Å². The minimum atomic E-state index is -0.0167. The summed E-state index contributed by atoms with van der Waals surface area (Å²) in [5.74, 6) is 0.454. The van der Waals surface area contributed by atoms with Gasteiger partial charge in [-0.25, -0.2) is 0 Å². The molecule has 104 valence electrons.